The molecule has 5 rings (SSSR count). The molecule has 0 amide bonds. The van der Waals surface area contributed by atoms with E-state index < -0.39 is 51.7 Å². The monoisotopic (exact) mass is 937 g/mol. The molecule has 0 N–H and O–H groups in total. The minimum atomic E-state index is -1.07. The van der Waals surface area contributed by atoms with Crippen LogP contribution in [-0.4, -0.2) is 75.8 Å². The van der Waals surface area contributed by atoms with Crippen molar-refractivity contribution in [1.29, 1.82) is 0 Å². The lowest BCUT2D eigenvalue weighted by molar-refractivity contribution is -0.166. The summed E-state index contributed by atoms with van der Waals surface area (Å²) in [5, 5.41) is 1.00. The van der Waals surface area contributed by atoms with Crippen LogP contribution in [0.25, 0.3) is 21.9 Å². The second-order valence-electron chi connectivity index (χ2n) is 17.6. The molecule has 364 valence electrons. The van der Waals surface area contributed by atoms with Gasteiger partial charge in [-0.25, -0.2) is 14.4 Å². The Balaban J connectivity index is 1.02. The average molecular weight is 938 g/mol. The molecule has 68 heavy (non-hydrogen) atoms. The van der Waals surface area contributed by atoms with Gasteiger partial charge in [-0.05, 0) is 108 Å². The smallest absolute Gasteiger partial charge is 0.347 e. The predicted octanol–water partition coefficient (Wildman–Crippen LogP) is 9.41. The highest BCUT2D eigenvalue weighted by atomic mass is 16.6. The second-order valence-corrected chi connectivity index (χ2v) is 17.6. The first-order chi connectivity index (χ1) is 32.6. The van der Waals surface area contributed by atoms with Crippen molar-refractivity contribution in [3.05, 3.63) is 116 Å². The molecule has 0 fully saturated rings. The zero-order valence-electron chi connectivity index (χ0n) is 40.0. The molecule has 0 saturated carbocycles. The Morgan fingerprint density at radius 2 is 1.18 bits per heavy atom. The van der Waals surface area contributed by atoms with Crippen LogP contribution < -0.4 is 20.9 Å². The van der Waals surface area contributed by atoms with Crippen molar-refractivity contribution in [3.8, 4) is 5.75 Å². The number of hydrogen-bond donors (Lipinski definition) is 0. The zero-order valence-corrected chi connectivity index (χ0v) is 40.0. The number of ketones is 1. The predicted molar refractivity (Wildman–Crippen MR) is 256 cm³/mol. The van der Waals surface area contributed by atoms with E-state index in [1.165, 1.54) is 18.2 Å². The van der Waals surface area contributed by atoms with Gasteiger partial charge in [0.1, 0.15) is 54.5 Å². The number of carbonyl (C=O) groups is 5. The van der Waals surface area contributed by atoms with Gasteiger partial charge in [0.15, 0.2) is 0 Å². The van der Waals surface area contributed by atoms with E-state index >= 15 is 0 Å². The van der Waals surface area contributed by atoms with Gasteiger partial charge in [-0.1, -0.05) is 51.8 Å². The maximum Gasteiger partial charge on any atom is 0.347 e. The Morgan fingerprint density at radius 1 is 0.603 bits per heavy atom. The summed E-state index contributed by atoms with van der Waals surface area (Å²) >= 11 is 0. The molecule has 0 bridgehead atoms. The molecular formula is C53H63NO14. The minimum Gasteiger partial charge on any atom is -0.493 e. The number of benzene rings is 3. The van der Waals surface area contributed by atoms with Gasteiger partial charge in [0, 0.05) is 48.1 Å². The largest absolute Gasteiger partial charge is 0.493 e. The second kappa shape index (κ2) is 24.8. The molecule has 0 aliphatic carbocycles. The summed E-state index contributed by atoms with van der Waals surface area (Å²) in [5.41, 5.74) is -2.56. The lowest BCUT2D eigenvalue weighted by Crippen LogP contribution is -2.39. The fourth-order valence-electron chi connectivity index (χ4n) is 7.62. The van der Waals surface area contributed by atoms with Crippen molar-refractivity contribution >= 4 is 57.3 Å². The highest BCUT2D eigenvalue weighted by molar-refractivity contribution is 6.10. The van der Waals surface area contributed by atoms with E-state index in [1.807, 2.05) is 25.1 Å². The number of ether oxygens (including phenoxy) is 5. The van der Waals surface area contributed by atoms with Gasteiger partial charge < -0.3 is 37.4 Å². The summed E-state index contributed by atoms with van der Waals surface area (Å²) in [7, 11) is 0. The van der Waals surface area contributed by atoms with Crippen LogP contribution in [0.2, 0.25) is 0 Å². The quantitative estimate of drug-likeness (QED) is 0.0159. The Kier molecular flexibility index (Phi) is 19.1. The lowest BCUT2D eigenvalue weighted by atomic mass is 9.72. The summed E-state index contributed by atoms with van der Waals surface area (Å²) in [4.78, 5) is 92.6. The van der Waals surface area contributed by atoms with Crippen LogP contribution in [0.3, 0.4) is 0 Å². The number of fused-ring (bicyclic) bond motifs is 2. The Morgan fingerprint density at radius 3 is 1.79 bits per heavy atom. The van der Waals surface area contributed by atoms with E-state index in [0.717, 1.165) is 44.5 Å². The summed E-state index contributed by atoms with van der Waals surface area (Å²) in [6.45, 7) is 12.6. The van der Waals surface area contributed by atoms with Crippen LogP contribution in [-0.2, 0) is 33.3 Å². The standard InChI is InChI=1S/C53H63NO14/c1-7-10-24-54(25-11-8-2)39-22-20-37-31-41(48(58)67-43(37)33-39)46(56)42-32-38-21-23-40(34-44(38)68-49(42)59)62-26-16-15-19-45(55)63-27-29-65-50(60)52(4,5)35-53(6,9-3)51(61)66-30-28-64-47(57)36-17-13-12-14-18-36/h12-14,17-18,20-23,31-34H,7-11,15-16,19,24-30,35H2,1-6H3. The van der Waals surface area contributed by atoms with E-state index in [2.05, 4.69) is 18.7 Å². The lowest BCUT2D eigenvalue weighted by Gasteiger charge is -2.33. The Bertz CT molecular complexity index is 2640. The maximum atomic E-state index is 13.6. The molecule has 0 saturated heterocycles. The van der Waals surface area contributed by atoms with Gasteiger partial charge in [0.05, 0.1) is 23.0 Å². The highest BCUT2D eigenvalue weighted by Gasteiger charge is 2.43. The number of esters is 4. The molecule has 0 aliphatic rings. The van der Waals surface area contributed by atoms with Crippen LogP contribution in [0.15, 0.2) is 97.3 Å². The first kappa shape index (κ1) is 52.2. The molecule has 2 aromatic heterocycles. The van der Waals surface area contributed by atoms with Gasteiger partial charge >= 0.3 is 35.1 Å². The van der Waals surface area contributed by atoms with Crippen LogP contribution in [0.1, 0.15) is 126 Å². The molecular weight excluding hydrogens is 875 g/mol. The van der Waals surface area contributed by atoms with Crippen molar-refractivity contribution in [2.24, 2.45) is 10.8 Å². The molecule has 3 aromatic carbocycles. The van der Waals surface area contributed by atoms with Crippen LogP contribution >= 0.6 is 0 Å². The van der Waals surface area contributed by atoms with E-state index in [9.17, 15) is 33.6 Å². The molecule has 15 nitrogen and oxygen atoms in total. The third-order valence-electron chi connectivity index (χ3n) is 11.7. The van der Waals surface area contributed by atoms with Gasteiger partial charge in [-0.3, -0.25) is 19.2 Å². The normalized spacial score (nSPS) is 12.3. The molecule has 0 aliphatic heterocycles. The van der Waals surface area contributed by atoms with E-state index in [1.54, 1.807) is 63.2 Å². The van der Waals surface area contributed by atoms with Crippen LogP contribution in [0.4, 0.5) is 5.69 Å². The van der Waals surface area contributed by atoms with Crippen molar-refractivity contribution in [1.82, 2.24) is 0 Å². The van der Waals surface area contributed by atoms with Crippen LogP contribution in [0, 0.1) is 10.8 Å². The van der Waals surface area contributed by atoms with Gasteiger partial charge in [0.25, 0.3) is 0 Å². The van der Waals surface area contributed by atoms with Gasteiger partial charge in [-0.15, -0.1) is 0 Å². The zero-order chi connectivity index (χ0) is 49.3. The van der Waals surface area contributed by atoms with E-state index in [4.69, 9.17) is 32.5 Å². The molecule has 15 heteroatoms. The van der Waals surface area contributed by atoms with Crippen molar-refractivity contribution < 1.29 is 56.5 Å². The average Bonchev–Trinajstić information content (AvgIpc) is 3.33. The minimum absolute atomic E-state index is 0.0991. The molecule has 0 radical (unpaired) electrons. The Labute approximate surface area is 396 Å². The summed E-state index contributed by atoms with van der Waals surface area (Å²) < 4.78 is 38.2. The number of anilines is 1. The first-order valence-corrected chi connectivity index (χ1v) is 23.4. The Hall–Kier alpha value is -6.77. The number of unbranched alkanes of at least 4 members (excludes halogenated alkanes) is 3. The van der Waals surface area contributed by atoms with Crippen molar-refractivity contribution in [2.45, 2.75) is 99.3 Å². The highest BCUT2D eigenvalue weighted by Crippen LogP contribution is 2.38. The summed E-state index contributed by atoms with van der Waals surface area (Å²) in [6.07, 6.45) is 5.72. The summed E-state index contributed by atoms with van der Waals surface area (Å²) in [6, 6.07) is 21.7. The molecule has 0 spiro atoms. The SMILES string of the molecule is CCCCN(CCCC)c1ccc2cc(C(=O)c3cc4ccc(OCCCCC(=O)OCCOC(=O)C(C)(C)CC(C)(CC)C(=O)OCCOC(=O)c5ccccc5)cc4oc3=O)c(=O)oc2c1. The number of hydrogen-bond acceptors (Lipinski definition) is 15. The summed E-state index contributed by atoms with van der Waals surface area (Å²) in [5.74, 6) is -2.49. The molecule has 2 heterocycles. The third-order valence-corrected chi connectivity index (χ3v) is 11.7. The first-order valence-electron chi connectivity index (χ1n) is 23.4. The fourth-order valence-corrected chi connectivity index (χ4v) is 7.62. The number of nitrogens with zero attached hydrogens (tertiary/aromatic N) is 1. The van der Waals surface area contributed by atoms with Crippen molar-refractivity contribution in [3.63, 3.8) is 0 Å². The van der Waals surface area contributed by atoms with Gasteiger partial charge in [-0.2, -0.15) is 0 Å². The maximum absolute atomic E-state index is 13.6. The molecule has 5 aromatic rings. The van der Waals surface area contributed by atoms with Gasteiger partial charge in [0.2, 0.25) is 5.78 Å². The number of carbonyl (C=O) groups excluding carboxylic acids is 5. The third kappa shape index (κ3) is 14.4. The fraction of sp³-hybridized carbons (Fsp3) is 0.453. The molecule has 1 atom stereocenters. The van der Waals surface area contributed by atoms with E-state index in [-0.39, 0.29) is 62.6 Å². The van der Waals surface area contributed by atoms with Crippen LogP contribution in [0.5, 0.6) is 5.75 Å². The van der Waals surface area contributed by atoms with E-state index in [0.29, 0.717) is 46.9 Å². The topological polar surface area (TPSA) is 195 Å². The van der Waals surface area contributed by atoms with Crippen molar-refractivity contribution in [2.75, 3.05) is 51.0 Å². The molecule has 1 unspecified atom stereocenters. The number of rotatable bonds is 27.